The Bertz CT molecular complexity index is 719. The van der Waals surface area contributed by atoms with Crippen LogP contribution in [0.4, 0.5) is 10.1 Å². The number of anilines is 1. The molecule has 0 spiro atoms. The Balaban J connectivity index is 1.61. The molecule has 3 heterocycles. The number of hydrogen-bond acceptors (Lipinski definition) is 8. The van der Waals surface area contributed by atoms with Gasteiger partial charge < -0.3 is 20.9 Å². The number of guanidine groups is 1. The topological polar surface area (TPSA) is 107 Å². The zero-order valence-corrected chi connectivity index (χ0v) is 15.7. The van der Waals surface area contributed by atoms with Crippen LogP contribution < -0.4 is 32.5 Å². The van der Waals surface area contributed by atoms with Gasteiger partial charge >= 0.3 is 0 Å². The van der Waals surface area contributed by atoms with Crippen molar-refractivity contribution in [2.45, 2.75) is 24.7 Å². The van der Waals surface area contributed by atoms with Crippen LogP contribution in [0, 0.1) is 11.7 Å². The second kappa shape index (κ2) is 7.23. The summed E-state index contributed by atoms with van der Waals surface area (Å²) in [5.41, 5.74) is 18.5. The molecule has 0 saturated carbocycles. The third kappa shape index (κ3) is 3.60. The molecule has 0 aliphatic carbocycles. The molecule has 148 valence electrons. The van der Waals surface area contributed by atoms with Gasteiger partial charge in [-0.05, 0) is 51.0 Å². The number of hydrazine groups is 1. The largest absolute Gasteiger partial charge is 0.369 e. The van der Waals surface area contributed by atoms with E-state index in [9.17, 15) is 0 Å². The first-order chi connectivity index (χ1) is 13.0. The Hall–Kier alpha value is -1.94. The average molecular weight is 376 g/mol. The molecule has 1 aromatic carbocycles. The molecule has 2 atom stereocenters. The molecule has 3 aliphatic heterocycles. The molecule has 0 radical (unpaired) electrons. The lowest BCUT2D eigenvalue weighted by Crippen LogP contribution is -2.56. The lowest BCUT2D eigenvalue weighted by Gasteiger charge is -2.46. The lowest BCUT2D eigenvalue weighted by atomic mass is 9.87. The van der Waals surface area contributed by atoms with Gasteiger partial charge in [0.2, 0.25) is 11.7 Å². The van der Waals surface area contributed by atoms with Crippen molar-refractivity contribution in [3.05, 3.63) is 29.6 Å². The van der Waals surface area contributed by atoms with Gasteiger partial charge in [0.1, 0.15) is 5.82 Å². The molecule has 2 fully saturated rings. The second-order valence-electron chi connectivity index (χ2n) is 7.79. The van der Waals surface area contributed by atoms with Gasteiger partial charge in [0.25, 0.3) is 0 Å². The first-order valence-electron chi connectivity index (χ1n) is 9.59. The van der Waals surface area contributed by atoms with Crippen LogP contribution in [0.25, 0.3) is 0 Å². The monoisotopic (exact) mass is 376 g/mol. The minimum Gasteiger partial charge on any atom is -0.369 e. The van der Waals surface area contributed by atoms with Crippen LogP contribution in [-0.2, 0) is 5.79 Å². The molecule has 8 nitrogen and oxygen atoms in total. The van der Waals surface area contributed by atoms with Gasteiger partial charge in [-0.15, -0.1) is 0 Å². The van der Waals surface area contributed by atoms with Gasteiger partial charge in [-0.1, -0.05) is 6.07 Å². The smallest absolute Gasteiger partial charge is 0.209 e. The van der Waals surface area contributed by atoms with E-state index in [2.05, 4.69) is 38.0 Å². The summed E-state index contributed by atoms with van der Waals surface area (Å²) in [7, 11) is 2.14. The summed E-state index contributed by atoms with van der Waals surface area (Å²) in [4.78, 5) is 8.72. The van der Waals surface area contributed by atoms with Crippen molar-refractivity contribution in [1.29, 1.82) is 0 Å². The van der Waals surface area contributed by atoms with Crippen molar-refractivity contribution < 1.29 is 4.39 Å². The number of piperazine rings is 1. The van der Waals surface area contributed by atoms with E-state index in [4.69, 9.17) is 11.5 Å². The maximum atomic E-state index is 15.1. The first kappa shape index (κ1) is 18.4. The number of rotatable bonds is 3. The lowest BCUT2D eigenvalue weighted by molar-refractivity contribution is 0.199. The van der Waals surface area contributed by atoms with E-state index in [1.165, 1.54) is 6.07 Å². The molecule has 0 aromatic heterocycles. The molecule has 2 unspecified atom stereocenters. The number of piperidine rings is 1. The summed E-state index contributed by atoms with van der Waals surface area (Å²) in [6, 6.07) is 5.43. The van der Waals surface area contributed by atoms with Gasteiger partial charge in [-0.3, -0.25) is 11.2 Å². The van der Waals surface area contributed by atoms with E-state index < -0.39 is 5.79 Å². The maximum absolute atomic E-state index is 15.1. The number of nitrogens with zero attached hydrogens (tertiary/aromatic N) is 3. The highest BCUT2D eigenvalue weighted by atomic mass is 19.1. The standard InChI is InChI=1S/C18H29FN8/c1-26-8-9-27(16(11-26)12-4-6-22-7-5-12)15-3-2-13(10-14(15)19)18(21)23-17(20)24-25-18/h2-3,10,12,16,22,25H,4-9,11,21H2,1H3,(H3,20,23,24). The predicted octanol–water partition coefficient (Wildman–Crippen LogP) is -0.563. The van der Waals surface area contributed by atoms with E-state index >= 15 is 4.39 Å². The summed E-state index contributed by atoms with van der Waals surface area (Å²) in [5.74, 6) is -0.769. The highest BCUT2D eigenvalue weighted by molar-refractivity contribution is 5.79. The normalized spacial score (nSPS) is 30.3. The van der Waals surface area contributed by atoms with E-state index in [1.807, 2.05) is 12.1 Å². The Morgan fingerprint density at radius 2 is 2.04 bits per heavy atom. The van der Waals surface area contributed by atoms with Crippen LogP contribution in [0.2, 0.25) is 0 Å². The molecule has 2 saturated heterocycles. The van der Waals surface area contributed by atoms with E-state index in [0.717, 1.165) is 45.6 Å². The number of hydrogen-bond donors (Lipinski definition) is 5. The predicted molar refractivity (Wildman–Crippen MR) is 104 cm³/mol. The fraction of sp³-hybridized carbons (Fsp3) is 0.611. The second-order valence-corrected chi connectivity index (χ2v) is 7.79. The molecular formula is C18H29FN8. The van der Waals surface area contributed by atoms with Crippen molar-refractivity contribution in [3.63, 3.8) is 0 Å². The molecule has 4 rings (SSSR count). The van der Waals surface area contributed by atoms with E-state index in [0.29, 0.717) is 23.2 Å². The molecule has 27 heavy (non-hydrogen) atoms. The number of likely N-dealkylation sites (N-methyl/N-ethyl adjacent to an activating group) is 1. The van der Waals surface area contributed by atoms with Crippen LogP contribution in [0.5, 0.6) is 0 Å². The van der Waals surface area contributed by atoms with E-state index in [-0.39, 0.29) is 11.8 Å². The van der Waals surface area contributed by atoms with Crippen LogP contribution in [0.15, 0.2) is 23.2 Å². The molecule has 0 bridgehead atoms. The highest BCUT2D eigenvalue weighted by Crippen LogP contribution is 2.32. The van der Waals surface area contributed by atoms with Gasteiger partial charge in [0.05, 0.1) is 5.69 Å². The van der Waals surface area contributed by atoms with Gasteiger partial charge in [0, 0.05) is 31.2 Å². The Morgan fingerprint density at radius 3 is 2.70 bits per heavy atom. The molecule has 1 aromatic rings. The number of aliphatic imine (C=N–C) groups is 1. The van der Waals surface area contributed by atoms with Gasteiger partial charge in [0.15, 0.2) is 0 Å². The van der Waals surface area contributed by atoms with Crippen LogP contribution >= 0.6 is 0 Å². The number of nitrogens with one attached hydrogen (secondary N) is 3. The van der Waals surface area contributed by atoms with Crippen molar-refractivity contribution in [1.82, 2.24) is 21.1 Å². The third-order valence-electron chi connectivity index (χ3n) is 5.92. The van der Waals surface area contributed by atoms with Crippen molar-refractivity contribution >= 4 is 11.6 Å². The molecule has 0 amide bonds. The SMILES string of the molecule is CN1CCN(c2ccc(C3(N)N=C(N)NN3)cc2F)C(C2CCNCC2)C1. The number of nitrogens with two attached hydrogens (primary N) is 2. The summed E-state index contributed by atoms with van der Waals surface area (Å²) >= 11 is 0. The van der Waals surface area contributed by atoms with Crippen molar-refractivity contribution in [3.8, 4) is 0 Å². The Labute approximate surface area is 159 Å². The van der Waals surface area contributed by atoms with E-state index in [1.54, 1.807) is 0 Å². The summed E-state index contributed by atoms with van der Waals surface area (Å²) in [6.45, 7) is 4.77. The minimum atomic E-state index is -1.25. The molecule has 7 N–H and O–H groups in total. The average Bonchev–Trinajstić information content (AvgIpc) is 3.03. The van der Waals surface area contributed by atoms with Gasteiger partial charge in [-0.2, -0.15) is 5.43 Å². The van der Waals surface area contributed by atoms with Crippen LogP contribution in [0.3, 0.4) is 0 Å². The van der Waals surface area contributed by atoms with Crippen LogP contribution in [0.1, 0.15) is 18.4 Å². The zero-order valence-electron chi connectivity index (χ0n) is 15.7. The third-order valence-corrected chi connectivity index (χ3v) is 5.92. The fourth-order valence-electron chi connectivity index (χ4n) is 4.40. The maximum Gasteiger partial charge on any atom is 0.209 e. The fourth-order valence-corrected chi connectivity index (χ4v) is 4.40. The van der Waals surface area contributed by atoms with Crippen molar-refractivity contribution in [2.24, 2.45) is 22.4 Å². The Morgan fingerprint density at radius 1 is 1.26 bits per heavy atom. The minimum absolute atomic E-state index is 0.187. The molecular weight excluding hydrogens is 347 g/mol. The van der Waals surface area contributed by atoms with Gasteiger partial charge in [-0.25, -0.2) is 9.38 Å². The quantitative estimate of drug-likeness (QED) is 0.481. The summed E-state index contributed by atoms with van der Waals surface area (Å²) in [5, 5.41) is 3.42. The number of halogens is 1. The Kier molecular flexibility index (Phi) is 4.94. The zero-order chi connectivity index (χ0) is 19.0. The summed E-state index contributed by atoms with van der Waals surface area (Å²) in [6.07, 6.45) is 2.26. The highest BCUT2D eigenvalue weighted by Gasteiger charge is 2.36. The molecule has 3 aliphatic rings. The van der Waals surface area contributed by atoms with Crippen molar-refractivity contribution in [2.75, 3.05) is 44.7 Å². The van der Waals surface area contributed by atoms with Crippen LogP contribution in [-0.4, -0.2) is 56.7 Å². The first-order valence-corrected chi connectivity index (χ1v) is 9.59. The number of benzene rings is 1. The molecule has 9 heteroatoms. The summed E-state index contributed by atoms with van der Waals surface area (Å²) < 4.78 is 15.1.